The summed E-state index contributed by atoms with van der Waals surface area (Å²) >= 11 is 5.95. The number of halogens is 1. The summed E-state index contributed by atoms with van der Waals surface area (Å²) in [7, 11) is 3.23. The molecule has 1 aliphatic heterocycles. The fourth-order valence-corrected chi connectivity index (χ4v) is 3.44. The molecule has 2 aromatic rings. The molecule has 0 aromatic heterocycles. The molecule has 27 heavy (non-hydrogen) atoms. The van der Waals surface area contributed by atoms with Crippen LogP contribution in [0.4, 0.5) is 5.69 Å². The van der Waals surface area contributed by atoms with Crippen molar-refractivity contribution in [3.63, 3.8) is 0 Å². The maximum atomic E-state index is 12.6. The maximum absolute atomic E-state index is 12.6. The lowest BCUT2D eigenvalue weighted by molar-refractivity contribution is -0.131. The number of anilines is 1. The van der Waals surface area contributed by atoms with Gasteiger partial charge >= 0.3 is 0 Å². The van der Waals surface area contributed by atoms with Crippen molar-refractivity contribution in [2.45, 2.75) is 12.8 Å². The summed E-state index contributed by atoms with van der Waals surface area (Å²) in [6.07, 6.45) is 1.19. The van der Waals surface area contributed by atoms with Gasteiger partial charge < -0.3 is 19.3 Å². The summed E-state index contributed by atoms with van der Waals surface area (Å²) in [4.78, 5) is 16.8. The van der Waals surface area contributed by atoms with Gasteiger partial charge in [-0.3, -0.25) is 4.79 Å². The van der Waals surface area contributed by atoms with E-state index in [2.05, 4.69) is 4.90 Å². The smallest absolute Gasteiger partial charge is 0.223 e. The summed E-state index contributed by atoms with van der Waals surface area (Å²) in [5, 5.41) is 0.739. The molecule has 0 atom stereocenters. The third kappa shape index (κ3) is 4.86. The number of ether oxygens (including phenoxy) is 2. The molecule has 1 saturated heterocycles. The van der Waals surface area contributed by atoms with Crippen LogP contribution < -0.4 is 14.4 Å². The zero-order chi connectivity index (χ0) is 19.2. The maximum Gasteiger partial charge on any atom is 0.223 e. The Morgan fingerprint density at radius 2 is 1.63 bits per heavy atom. The molecule has 1 aliphatic rings. The van der Waals surface area contributed by atoms with Gasteiger partial charge in [-0.2, -0.15) is 0 Å². The van der Waals surface area contributed by atoms with Gasteiger partial charge in [0.15, 0.2) is 11.5 Å². The van der Waals surface area contributed by atoms with E-state index in [4.69, 9.17) is 21.1 Å². The predicted molar refractivity (Wildman–Crippen MR) is 108 cm³/mol. The largest absolute Gasteiger partial charge is 0.493 e. The van der Waals surface area contributed by atoms with Crippen LogP contribution >= 0.6 is 11.6 Å². The van der Waals surface area contributed by atoms with Crippen molar-refractivity contribution < 1.29 is 14.3 Å². The number of carbonyl (C=O) groups excluding carboxylic acids is 1. The topological polar surface area (TPSA) is 42.0 Å². The van der Waals surface area contributed by atoms with E-state index in [9.17, 15) is 4.79 Å². The molecule has 1 fully saturated rings. The van der Waals surface area contributed by atoms with Gasteiger partial charge in [-0.1, -0.05) is 17.7 Å². The molecular weight excluding hydrogens is 364 g/mol. The van der Waals surface area contributed by atoms with Gasteiger partial charge in [0.1, 0.15) is 0 Å². The molecule has 1 heterocycles. The van der Waals surface area contributed by atoms with Crippen LogP contribution in [0.1, 0.15) is 12.0 Å². The van der Waals surface area contributed by atoms with E-state index >= 15 is 0 Å². The van der Waals surface area contributed by atoms with E-state index in [1.807, 2.05) is 47.4 Å². The Balaban J connectivity index is 1.50. The molecule has 0 saturated carbocycles. The van der Waals surface area contributed by atoms with Gasteiger partial charge in [0.05, 0.1) is 14.2 Å². The van der Waals surface area contributed by atoms with Gasteiger partial charge in [-0.05, 0) is 48.4 Å². The monoisotopic (exact) mass is 388 g/mol. The molecule has 3 rings (SSSR count). The average Bonchev–Trinajstić information content (AvgIpc) is 2.72. The number of methoxy groups -OCH3 is 2. The Bertz CT molecular complexity index is 771. The number of nitrogens with zero attached hydrogens (tertiary/aromatic N) is 2. The van der Waals surface area contributed by atoms with Crippen molar-refractivity contribution in [2.75, 3.05) is 45.3 Å². The lowest BCUT2D eigenvalue weighted by Crippen LogP contribution is -2.48. The summed E-state index contributed by atoms with van der Waals surface area (Å²) in [6, 6.07) is 13.6. The van der Waals surface area contributed by atoms with Crippen LogP contribution in [0.15, 0.2) is 42.5 Å². The first-order valence-corrected chi connectivity index (χ1v) is 9.47. The SMILES string of the molecule is COc1ccc(CCC(=O)N2CCN(c3ccc(Cl)cc3)CC2)cc1OC. The minimum Gasteiger partial charge on any atom is -0.493 e. The third-order valence-electron chi connectivity index (χ3n) is 4.90. The standard InChI is InChI=1S/C21H25ClN2O3/c1-26-19-9-3-16(15-20(19)27-2)4-10-21(25)24-13-11-23(12-14-24)18-7-5-17(22)6-8-18/h3,5-9,15H,4,10-14H2,1-2H3. The van der Waals surface area contributed by atoms with Crippen LogP contribution in [0, 0.1) is 0 Å². The quantitative estimate of drug-likeness (QED) is 0.757. The Kier molecular flexibility index (Phi) is 6.45. The normalized spacial score (nSPS) is 14.2. The zero-order valence-corrected chi connectivity index (χ0v) is 16.5. The zero-order valence-electron chi connectivity index (χ0n) is 15.8. The van der Waals surface area contributed by atoms with Crippen LogP contribution in [0.5, 0.6) is 11.5 Å². The van der Waals surface area contributed by atoms with Crippen LogP contribution in [-0.4, -0.2) is 51.2 Å². The Hall–Kier alpha value is -2.40. The fourth-order valence-electron chi connectivity index (χ4n) is 3.31. The molecule has 1 amide bonds. The number of hydrogen-bond donors (Lipinski definition) is 0. The predicted octanol–water partition coefficient (Wildman–Crippen LogP) is 3.64. The number of amides is 1. The highest BCUT2D eigenvalue weighted by molar-refractivity contribution is 6.30. The summed E-state index contributed by atoms with van der Waals surface area (Å²) in [5.41, 5.74) is 2.22. The van der Waals surface area contributed by atoms with Gasteiger partial charge in [0, 0.05) is 43.3 Å². The van der Waals surface area contributed by atoms with Gasteiger partial charge in [0.2, 0.25) is 5.91 Å². The molecule has 5 nitrogen and oxygen atoms in total. The third-order valence-corrected chi connectivity index (χ3v) is 5.15. The molecule has 0 unspecified atom stereocenters. The first-order valence-electron chi connectivity index (χ1n) is 9.10. The van der Waals surface area contributed by atoms with Crippen LogP contribution in [0.3, 0.4) is 0 Å². The molecule has 0 aliphatic carbocycles. The minimum atomic E-state index is 0.195. The Morgan fingerprint density at radius 1 is 0.963 bits per heavy atom. The Labute approximate surface area is 165 Å². The number of carbonyl (C=O) groups is 1. The van der Waals surface area contributed by atoms with Crippen LogP contribution in [-0.2, 0) is 11.2 Å². The first-order chi connectivity index (χ1) is 13.1. The number of aryl methyl sites for hydroxylation is 1. The van der Waals surface area contributed by atoms with Gasteiger partial charge in [-0.15, -0.1) is 0 Å². The Morgan fingerprint density at radius 3 is 2.26 bits per heavy atom. The summed E-state index contributed by atoms with van der Waals surface area (Å²) < 4.78 is 10.6. The van der Waals surface area contributed by atoms with E-state index in [0.717, 1.165) is 42.5 Å². The highest BCUT2D eigenvalue weighted by atomic mass is 35.5. The van der Waals surface area contributed by atoms with Crippen LogP contribution in [0.25, 0.3) is 0 Å². The van der Waals surface area contributed by atoms with E-state index in [1.165, 1.54) is 0 Å². The molecule has 144 valence electrons. The van der Waals surface area contributed by atoms with Crippen molar-refractivity contribution >= 4 is 23.2 Å². The number of rotatable bonds is 6. The fraction of sp³-hybridized carbons (Fsp3) is 0.381. The van der Waals surface area contributed by atoms with Crippen molar-refractivity contribution in [3.8, 4) is 11.5 Å². The van der Waals surface area contributed by atoms with Crippen LogP contribution in [0.2, 0.25) is 5.02 Å². The second-order valence-corrected chi connectivity index (χ2v) is 6.97. The van der Waals surface area contributed by atoms with E-state index in [0.29, 0.717) is 24.3 Å². The molecule has 6 heteroatoms. The van der Waals surface area contributed by atoms with E-state index < -0.39 is 0 Å². The lowest BCUT2D eigenvalue weighted by atomic mass is 10.1. The molecule has 0 spiro atoms. The van der Waals surface area contributed by atoms with Gasteiger partial charge in [-0.25, -0.2) is 0 Å². The van der Waals surface area contributed by atoms with E-state index in [1.54, 1.807) is 14.2 Å². The minimum absolute atomic E-state index is 0.195. The summed E-state index contributed by atoms with van der Waals surface area (Å²) in [6.45, 7) is 3.16. The number of benzene rings is 2. The first kappa shape index (κ1) is 19.4. The number of piperazine rings is 1. The van der Waals surface area contributed by atoms with E-state index in [-0.39, 0.29) is 5.91 Å². The van der Waals surface area contributed by atoms with Crippen molar-refractivity contribution in [1.82, 2.24) is 4.90 Å². The molecular formula is C21H25ClN2O3. The lowest BCUT2D eigenvalue weighted by Gasteiger charge is -2.36. The summed E-state index contributed by atoms with van der Waals surface area (Å²) in [5.74, 6) is 1.59. The van der Waals surface area contributed by atoms with Crippen molar-refractivity contribution in [2.24, 2.45) is 0 Å². The molecule has 2 aromatic carbocycles. The molecule has 0 N–H and O–H groups in total. The van der Waals surface area contributed by atoms with Crippen molar-refractivity contribution in [1.29, 1.82) is 0 Å². The molecule has 0 radical (unpaired) electrons. The highest BCUT2D eigenvalue weighted by Gasteiger charge is 2.21. The average molecular weight is 389 g/mol. The number of hydrogen-bond acceptors (Lipinski definition) is 4. The second-order valence-electron chi connectivity index (χ2n) is 6.53. The second kappa shape index (κ2) is 9.00. The van der Waals surface area contributed by atoms with Gasteiger partial charge in [0.25, 0.3) is 0 Å². The molecule has 0 bridgehead atoms. The van der Waals surface area contributed by atoms with Crippen molar-refractivity contribution in [3.05, 3.63) is 53.1 Å². The highest BCUT2D eigenvalue weighted by Crippen LogP contribution is 2.28.